The van der Waals surface area contributed by atoms with Gasteiger partial charge in [-0.3, -0.25) is 0 Å². The Morgan fingerprint density at radius 3 is 2.41 bits per heavy atom. The van der Waals surface area contributed by atoms with Crippen LogP contribution in [0.15, 0.2) is 0 Å². The number of hydrogen-bond donors (Lipinski definition) is 1. The van der Waals surface area contributed by atoms with Crippen LogP contribution in [0.4, 0.5) is 4.79 Å². The van der Waals surface area contributed by atoms with Crippen molar-refractivity contribution in [2.24, 2.45) is 17.3 Å². The molecule has 2 aliphatic carbocycles. The minimum Gasteiger partial charge on any atom is -0.479 e. The van der Waals surface area contributed by atoms with Gasteiger partial charge < -0.3 is 19.5 Å². The molecule has 6 nitrogen and oxygen atoms in total. The van der Waals surface area contributed by atoms with Gasteiger partial charge in [0, 0.05) is 25.1 Å². The second-order valence-corrected chi connectivity index (χ2v) is 7.91. The molecular formula is C16H25NO5. The average Bonchev–Trinajstić information content (AvgIpc) is 2.87. The van der Waals surface area contributed by atoms with Gasteiger partial charge in [0.25, 0.3) is 0 Å². The summed E-state index contributed by atoms with van der Waals surface area (Å²) in [5.41, 5.74) is -0.794. The highest BCUT2D eigenvalue weighted by Crippen LogP contribution is 2.66. The molecule has 2 bridgehead atoms. The first kappa shape index (κ1) is 15.6. The first-order chi connectivity index (χ1) is 10.2. The number of aliphatic carboxylic acids is 1. The predicted octanol–water partition coefficient (Wildman–Crippen LogP) is 2.12. The lowest BCUT2D eigenvalue weighted by atomic mass is 9.63. The molecule has 2 aliphatic heterocycles. The summed E-state index contributed by atoms with van der Waals surface area (Å²) in [6.07, 6.45) is 1.67. The summed E-state index contributed by atoms with van der Waals surface area (Å²) in [4.78, 5) is 25.6. The fourth-order valence-electron chi connectivity index (χ4n) is 4.50. The highest BCUT2D eigenvalue weighted by molar-refractivity contribution is 5.75. The first-order valence-electron chi connectivity index (χ1n) is 7.95. The Bertz CT molecular complexity index is 493. The van der Waals surface area contributed by atoms with E-state index in [4.69, 9.17) is 9.47 Å². The lowest BCUT2D eigenvalue weighted by Gasteiger charge is -2.44. The van der Waals surface area contributed by atoms with Crippen molar-refractivity contribution in [2.75, 3.05) is 13.7 Å². The Morgan fingerprint density at radius 1 is 1.32 bits per heavy atom. The lowest BCUT2D eigenvalue weighted by Crippen LogP contribution is -2.51. The third-order valence-corrected chi connectivity index (χ3v) is 5.40. The van der Waals surface area contributed by atoms with Crippen LogP contribution in [0.25, 0.3) is 0 Å². The molecule has 124 valence electrons. The van der Waals surface area contributed by atoms with Crippen LogP contribution in [0, 0.1) is 17.3 Å². The van der Waals surface area contributed by atoms with Crippen LogP contribution >= 0.6 is 0 Å². The summed E-state index contributed by atoms with van der Waals surface area (Å²) in [6, 6.07) is 0.111. The fourth-order valence-corrected chi connectivity index (χ4v) is 4.50. The van der Waals surface area contributed by atoms with Gasteiger partial charge in [-0.05, 0) is 51.9 Å². The molecule has 0 radical (unpaired) electrons. The van der Waals surface area contributed by atoms with Gasteiger partial charge in [-0.2, -0.15) is 0 Å². The summed E-state index contributed by atoms with van der Waals surface area (Å²) >= 11 is 0. The van der Waals surface area contributed by atoms with Crippen LogP contribution in [-0.2, 0) is 14.3 Å². The molecule has 2 heterocycles. The van der Waals surface area contributed by atoms with E-state index in [2.05, 4.69) is 0 Å². The van der Waals surface area contributed by atoms with Gasteiger partial charge >= 0.3 is 12.1 Å². The van der Waals surface area contributed by atoms with Crippen molar-refractivity contribution >= 4 is 12.1 Å². The Balaban J connectivity index is 1.72. The van der Waals surface area contributed by atoms with E-state index in [1.54, 1.807) is 4.90 Å². The Labute approximate surface area is 130 Å². The van der Waals surface area contributed by atoms with Gasteiger partial charge in [-0.15, -0.1) is 0 Å². The van der Waals surface area contributed by atoms with Crippen molar-refractivity contribution in [3.8, 4) is 0 Å². The number of fused-ring (bicyclic) bond motifs is 1. The summed E-state index contributed by atoms with van der Waals surface area (Å²) < 4.78 is 10.7. The zero-order chi connectivity index (χ0) is 16.3. The Hall–Kier alpha value is -1.30. The van der Waals surface area contributed by atoms with Crippen molar-refractivity contribution in [3.63, 3.8) is 0 Å². The van der Waals surface area contributed by atoms with Gasteiger partial charge in [0.15, 0.2) is 6.10 Å². The van der Waals surface area contributed by atoms with E-state index in [0.717, 1.165) is 19.3 Å². The molecular weight excluding hydrogens is 286 g/mol. The topological polar surface area (TPSA) is 76.1 Å². The molecule has 0 aromatic carbocycles. The molecule has 2 saturated heterocycles. The number of hydrogen-bond acceptors (Lipinski definition) is 4. The van der Waals surface area contributed by atoms with Crippen LogP contribution in [-0.4, -0.2) is 53.5 Å². The zero-order valence-corrected chi connectivity index (χ0v) is 13.7. The third-order valence-electron chi connectivity index (χ3n) is 5.40. The van der Waals surface area contributed by atoms with Crippen LogP contribution in [0.1, 0.15) is 40.0 Å². The number of carbonyl (C=O) groups excluding carboxylic acids is 1. The van der Waals surface area contributed by atoms with E-state index in [1.165, 1.54) is 7.11 Å². The maximum absolute atomic E-state index is 12.3. The van der Waals surface area contributed by atoms with Crippen molar-refractivity contribution in [3.05, 3.63) is 0 Å². The number of carboxylic acid groups (broad SMARTS) is 1. The van der Waals surface area contributed by atoms with Crippen molar-refractivity contribution < 1.29 is 24.2 Å². The fraction of sp³-hybridized carbons (Fsp3) is 0.875. The normalized spacial score (nSPS) is 33.1. The number of rotatable bonds is 4. The van der Waals surface area contributed by atoms with E-state index in [0.29, 0.717) is 12.5 Å². The standard InChI is InChI=1S/C16H25NO5/c1-15(2,3)22-14(20)17-8-9-7-10(17)11(9)16(5-6-16)12(21-4)13(18)19/h9-12H,5-8H2,1-4H3,(H,18,19)/t9-,10-,11?,12?/m0/s1. The zero-order valence-electron chi connectivity index (χ0n) is 13.7. The molecule has 2 saturated carbocycles. The van der Waals surface area contributed by atoms with E-state index in [9.17, 15) is 14.7 Å². The van der Waals surface area contributed by atoms with E-state index in [-0.39, 0.29) is 23.5 Å². The molecule has 4 atom stereocenters. The minimum atomic E-state index is -0.893. The highest BCUT2D eigenvalue weighted by atomic mass is 16.6. The maximum Gasteiger partial charge on any atom is 0.410 e. The van der Waals surface area contributed by atoms with Crippen LogP contribution in [0.5, 0.6) is 0 Å². The van der Waals surface area contributed by atoms with Gasteiger partial charge in [0.2, 0.25) is 0 Å². The van der Waals surface area contributed by atoms with Crippen LogP contribution < -0.4 is 0 Å². The van der Waals surface area contributed by atoms with E-state index < -0.39 is 17.7 Å². The summed E-state index contributed by atoms with van der Waals surface area (Å²) in [6.45, 7) is 6.26. The lowest BCUT2D eigenvalue weighted by molar-refractivity contribution is -0.157. The number of ether oxygens (including phenoxy) is 2. The molecule has 4 rings (SSSR count). The second kappa shape index (κ2) is 4.85. The monoisotopic (exact) mass is 311 g/mol. The Morgan fingerprint density at radius 2 is 1.95 bits per heavy atom. The van der Waals surface area contributed by atoms with Crippen molar-refractivity contribution in [1.29, 1.82) is 0 Å². The number of carbonyl (C=O) groups is 2. The van der Waals surface area contributed by atoms with Crippen molar-refractivity contribution in [2.45, 2.75) is 57.8 Å². The molecule has 4 fully saturated rings. The van der Waals surface area contributed by atoms with Gasteiger partial charge in [-0.1, -0.05) is 0 Å². The van der Waals surface area contributed by atoms with Crippen LogP contribution in [0.2, 0.25) is 0 Å². The average molecular weight is 311 g/mol. The molecule has 0 spiro atoms. The maximum atomic E-state index is 12.3. The number of methoxy groups -OCH3 is 1. The molecule has 1 N–H and O–H groups in total. The second-order valence-electron chi connectivity index (χ2n) is 7.91. The first-order valence-corrected chi connectivity index (χ1v) is 7.95. The summed E-state index contributed by atoms with van der Waals surface area (Å²) in [5, 5.41) is 9.41. The van der Waals surface area contributed by atoms with Gasteiger partial charge in [-0.25, -0.2) is 9.59 Å². The van der Waals surface area contributed by atoms with Gasteiger partial charge in [0.1, 0.15) is 5.60 Å². The van der Waals surface area contributed by atoms with E-state index in [1.807, 2.05) is 20.8 Å². The summed E-state index contributed by atoms with van der Waals surface area (Å²) in [5.74, 6) is -0.270. The van der Waals surface area contributed by atoms with Gasteiger partial charge in [0.05, 0.1) is 0 Å². The Kier molecular flexibility index (Phi) is 3.43. The SMILES string of the molecule is COC(C(=O)O)C1(C2[C@H]3C[C@@H]2N(C(=O)OC(C)(C)C)C3)CC1. The summed E-state index contributed by atoms with van der Waals surface area (Å²) in [7, 11) is 1.46. The molecule has 0 aromatic rings. The predicted molar refractivity (Wildman–Crippen MR) is 78.4 cm³/mol. The molecule has 4 aliphatic rings. The number of amides is 1. The molecule has 0 aromatic heterocycles. The smallest absolute Gasteiger partial charge is 0.410 e. The third kappa shape index (κ3) is 2.28. The molecule has 2 unspecified atom stereocenters. The van der Waals surface area contributed by atoms with Crippen LogP contribution in [0.3, 0.4) is 0 Å². The minimum absolute atomic E-state index is 0.111. The largest absolute Gasteiger partial charge is 0.479 e. The number of nitrogens with zero attached hydrogens (tertiary/aromatic N) is 1. The number of carboxylic acids is 1. The quantitative estimate of drug-likeness (QED) is 0.860. The highest BCUT2D eigenvalue weighted by Gasteiger charge is 2.69. The molecule has 22 heavy (non-hydrogen) atoms. The van der Waals surface area contributed by atoms with E-state index >= 15 is 0 Å². The molecule has 6 heteroatoms. The van der Waals surface area contributed by atoms with Crippen molar-refractivity contribution in [1.82, 2.24) is 4.90 Å². The molecule has 1 amide bonds.